The third-order valence-corrected chi connectivity index (χ3v) is 3.94. The van der Waals surface area contributed by atoms with Crippen molar-refractivity contribution >= 4 is 39.5 Å². The number of thioether (sulfide) groups is 1. The predicted molar refractivity (Wildman–Crippen MR) is 73.3 cm³/mol. The molecule has 1 rings (SSSR count). The molecule has 0 heterocycles. The van der Waals surface area contributed by atoms with Gasteiger partial charge >= 0.3 is 0 Å². The van der Waals surface area contributed by atoms with E-state index in [2.05, 4.69) is 22.6 Å². The van der Waals surface area contributed by atoms with Crippen molar-refractivity contribution in [1.82, 2.24) is 0 Å². The predicted octanol–water partition coefficient (Wildman–Crippen LogP) is 1.97. The number of rotatable bonds is 4. The molecule has 2 unspecified atom stereocenters. The lowest BCUT2D eigenvalue weighted by molar-refractivity contribution is -0.109. The Morgan fingerprint density at radius 1 is 1.44 bits per heavy atom. The molecule has 0 aromatic heterocycles. The van der Waals surface area contributed by atoms with Crippen molar-refractivity contribution in [3.8, 4) is 0 Å². The van der Waals surface area contributed by atoms with Gasteiger partial charge in [0.15, 0.2) is 5.12 Å². The van der Waals surface area contributed by atoms with Crippen LogP contribution in [0.5, 0.6) is 0 Å². The second-order valence-corrected chi connectivity index (χ2v) is 5.70. The third kappa shape index (κ3) is 4.04. The molecule has 1 aromatic carbocycles. The first-order valence-corrected chi connectivity index (χ1v) is 6.82. The molecule has 0 amide bonds. The number of carbonyl (C=O) groups is 1. The molecule has 16 heavy (non-hydrogen) atoms. The van der Waals surface area contributed by atoms with E-state index in [-0.39, 0.29) is 10.9 Å². The van der Waals surface area contributed by atoms with E-state index in [1.165, 1.54) is 6.92 Å². The summed E-state index contributed by atoms with van der Waals surface area (Å²) >= 11 is 3.12. The van der Waals surface area contributed by atoms with Gasteiger partial charge in [0.1, 0.15) is 6.10 Å². The summed E-state index contributed by atoms with van der Waals surface area (Å²) in [6, 6.07) is 7.32. The van der Waals surface area contributed by atoms with Crippen LogP contribution in [-0.2, 0) is 4.79 Å². The SMILES string of the molecule is CC(=O)SCC(O)C(O)c1ccccc1I. The van der Waals surface area contributed by atoms with Crippen LogP contribution >= 0.6 is 34.4 Å². The number of hydrogen-bond acceptors (Lipinski definition) is 4. The molecule has 5 heteroatoms. The van der Waals surface area contributed by atoms with E-state index in [4.69, 9.17) is 0 Å². The minimum atomic E-state index is -0.944. The number of halogens is 1. The summed E-state index contributed by atoms with van der Waals surface area (Å²) in [5.41, 5.74) is 0.694. The summed E-state index contributed by atoms with van der Waals surface area (Å²) in [7, 11) is 0. The molecule has 88 valence electrons. The Morgan fingerprint density at radius 3 is 2.62 bits per heavy atom. The number of benzene rings is 1. The lowest BCUT2D eigenvalue weighted by Gasteiger charge is -2.18. The van der Waals surface area contributed by atoms with E-state index < -0.39 is 12.2 Å². The normalized spacial score (nSPS) is 14.5. The molecular formula is C11H13IO3S. The van der Waals surface area contributed by atoms with Crippen molar-refractivity contribution in [3.63, 3.8) is 0 Å². The molecule has 2 atom stereocenters. The molecule has 0 aliphatic carbocycles. The fraction of sp³-hybridized carbons (Fsp3) is 0.364. The lowest BCUT2D eigenvalue weighted by atomic mass is 10.1. The van der Waals surface area contributed by atoms with Crippen molar-refractivity contribution < 1.29 is 15.0 Å². The average molecular weight is 352 g/mol. The Kier molecular flexibility index (Phi) is 5.74. The molecule has 0 saturated heterocycles. The standard InChI is InChI=1S/C11H13IO3S/c1-7(13)16-6-10(14)11(15)8-4-2-3-5-9(8)12/h2-5,10-11,14-15H,6H2,1H3. The molecule has 0 radical (unpaired) electrons. The van der Waals surface area contributed by atoms with E-state index >= 15 is 0 Å². The van der Waals surface area contributed by atoms with Crippen LogP contribution in [0.25, 0.3) is 0 Å². The van der Waals surface area contributed by atoms with Crippen LogP contribution in [0.15, 0.2) is 24.3 Å². The Balaban J connectivity index is 2.66. The average Bonchev–Trinajstić information content (AvgIpc) is 2.25. The second kappa shape index (κ2) is 6.58. The van der Waals surface area contributed by atoms with Crippen LogP contribution in [0.2, 0.25) is 0 Å². The zero-order chi connectivity index (χ0) is 12.1. The molecule has 0 bridgehead atoms. The maximum atomic E-state index is 10.7. The number of aliphatic hydroxyl groups is 2. The van der Waals surface area contributed by atoms with Gasteiger partial charge in [0.2, 0.25) is 0 Å². The third-order valence-electron chi connectivity index (χ3n) is 2.05. The van der Waals surface area contributed by atoms with E-state index in [0.717, 1.165) is 15.3 Å². The molecule has 0 aliphatic heterocycles. The summed E-state index contributed by atoms with van der Waals surface area (Å²) in [6.07, 6.45) is -1.87. The molecular weight excluding hydrogens is 339 g/mol. The summed E-state index contributed by atoms with van der Waals surface area (Å²) in [5, 5.41) is 19.6. The van der Waals surface area contributed by atoms with Crippen molar-refractivity contribution in [2.75, 3.05) is 5.75 Å². The highest BCUT2D eigenvalue weighted by Gasteiger charge is 2.20. The van der Waals surface area contributed by atoms with E-state index in [9.17, 15) is 15.0 Å². The fourth-order valence-corrected chi connectivity index (χ4v) is 2.51. The lowest BCUT2D eigenvalue weighted by Crippen LogP contribution is -2.22. The van der Waals surface area contributed by atoms with Crippen LogP contribution < -0.4 is 0 Å². The molecule has 0 saturated carbocycles. The number of aliphatic hydroxyl groups excluding tert-OH is 2. The van der Waals surface area contributed by atoms with Gasteiger partial charge in [-0.3, -0.25) is 4.79 Å². The Bertz CT molecular complexity index is 370. The van der Waals surface area contributed by atoms with Crippen molar-refractivity contribution in [2.24, 2.45) is 0 Å². The molecule has 0 fully saturated rings. The minimum Gasteiger partial charge on any atom is -0.389 e. The number of hydrogen-bond donors (Lipinski definition) is 2. The van der Waals surface area contributed by atoms with Gasteiger partial charge in [0.25, 0.3) is 0 Å². The number of carbonyl (C=O) groups excluding carboxylic acids is 1. The minimum absolute atomic E-state index is 0.0611. The first-order valence-electron chi connectivity index (χ1n) is 4.76. The van der Waals surface area contributed by atoms with E-state index in [1.54, 1.807) is 6.07 Å². The van der Waals surface area contributed by atoms with Crippen molar-refractivity contribution in [2.45, 2.75) is 19.1 Å². The molecule has 1 aromatic rings. The van der Waals surface area contributed by atoms with Gasteiger partial charge in [-0.15, -0.1) is 0 Å². The van der Waals surface area contributed by atoms with Crippen molar-refractivity contribution in [1.29, 1.82) is 0 Å². The second-order valence-electron chi connectivity index (χ2n) is 3.34. The van der Waals surface area contributed by atoms with E-state index in [0.29, 0.717) is 5.56 Å². The summed E-state index contributed by atoms with van der Waals surface area (Å²) < 4.78 is 0.902. The fourth-order valence-electron chi connectivity index (χ4n) is 1.22. The highest BCUT2D eigenvalue weighted by atomic mass is 127. The monoisotopic (exact) mass is 352 g/mol. The summed E-state index contributed by atoms with van der Waals surface area (Å²) in [4.78, 5) is 10.7. The Hall–Kier alpha value is -0.110. The van der Waals surface area contributed by atoms with E-state index in [1.807, 2.05) is 18.2 Å². The summed E-state index contributed by atoms with van der Waals surface area (Å²) in [5.74, 6) is 0.210. The molecule has 3 nitrogen and oxygen atoms in total. The van der Waals surface area contributed by atoms with Gasteiger partial charge in [0.05, 0.1) is 6.10 Å². The maximum Gasteiger partial charge on any atom is 0.185 e. The Morgan fingerprint density at radius 2 is 2.06 bits per heavy atom. The Labute approximate surface area is 112 Å². The maximum absolute atomic E-state index is 10.7. The topological polar surface area (TPSA) is 57.5 Å². The smallest absolute Gasteiger partial charge is 0.185 e. The first kappa shape index (κ1) is 14.0. The zero-order valence-electron chi connectivity index (χ0n) is 8.76. The zero-order valence-corrected chi connectivity index (χ0v) is 11.7. The first-order chi connectivity index (χ1) is 7.52. The van der Waals surface area contributed by atoms with Gasteiger partial charge in [-0.25, -0.2) is 0 Å². The quantitative estimate of drug-likeness (QED) is 0.814. The van der Waals surface area contributed by atoms with Gasteiger partial charge in [-0.2, -0.15) is 0 Å². The molecule has 2 N–H and O–H groups in total. The van der Waals surface area contributed by atoms with Crippen molar-refractivity contribution in [3.05, 3.63) is 33.4 Å². The molecule has 0 aliphatic rings. The van der Waals surface area contributed by atoms with Gasteiger partial charge < -0.3 is 10.2 Å². The van der Waals surface area contributed by atoms with Crippen LogP contribution in [-0.4, -0.2) is 27.2 Å². The van der Waals surface area contributed by atoms with Crippen LogP contribution in [0.1, 0.15) is 18.6 Å². The highest BCUT2D eigenvalue weighted by Crippen LogP contribution is 2.24. The van der Waals surface area contributed by atoms with Crippen LogP contribution in [0, 0.1) is 3.57 Å². The molecule has 0 spiro atoms. The summed E-state index contributed by atoms with van der Waals surface area (Å²) in [6.45, 7) is 1.44. The van der Waals surface area contributed by atoms with Crippen LogP contribution in [0.4, 0.5) is 0 Å². The largest absolute Gasteiger partial charge is 0.389 e. The van der Waals surface area contributed by atoms with Gasteiger partial charge in [-0.05, 0) is 34.2 Å². The van der Waals surface area contributed by atoms with Gasteiger partial charge in [-0.1, -0.05) is 30.0 Å². The van der Waals surface area contributed by atoms with Gasteiger partial charge in [0, 0.05) is 16.2 Å². The van der Waals surface area contributed by atoms with Crippen LogP contribution in [0.3, 0.4) is 0 Å². The highest BCUT2D eigenvalue weighted by molar-refractivity contribution is 14.1.